The first kappa shape index (κ1) is 17.3. The van der Waals surface area contributed by atoms with Crippen molar-refractivity contribution in [3.8, 4) is 0 Å². The van der Waals surface area contributed by atoms with E-state index in [9.17, 15) is 18.0 Å². The first-order valence-corrected chi connectivity index (χ1v) is 8.52. The number of nitrogens with one attached hydrogen (secondary N) is 1. The van der Waals surface area contributed by atoms with Crippen LogP contribution in [0.2, 0.25) is 0 Å². The number of carbonyl (C=O) groups is 1. The second kappa shape index (κ2) is 6.74. The molecule has 134 valence electrons. The van der Waals surface area contributed by atoms with E-state index in [2.05, 4.69) is 22.2 Å². The predicted molar refractivity (Wildman–Crippen MR) is 82.5 cm³/mol. The largest absolute Gasteiger partial charge is 0.435 e. The van der Waals surface area contributed by atoms with Crippen LogP contribution in [0.25, 0.3) is 0 Å². The van der Waals surface area contributed by atoms with Gasteiger partial charge in [-0.05, 0) is 52.1 Å². The average Bonchev–Trinajstić information content (AvgIpc) is 3.22. The monoisotopic (exact) mass is 344 g/mol. The van der Waals surface area contributed by atoms with E-state index < -0.39 is 11.9 Å². The fraction of sp³-hybridized carbons (Fsp3) is 0.750. The predicted octanol–water partition coefficient (Wildman–Crippen LogP) is 1.99. The highest BCUT2D eigenvalue weighted by Gasteiger charge is 2.40. The molecule has 1 aliphatic carbocycles. The van der Waals surface area contributed by atoms with Crippen molar-refractivity contribution >= 4 is 5.91 Å². The average molecular weight is 344 g/mol. The van der Waals surface area contributed by atoms with Gasteiger partial charge in [0, 0.05) is 23.8 Å². The molecule has 1 fully saturated rings. The molecule has 0 aromatic carbocycles. The van der Waals surface area contributed by atoms with Crippen molar-refractivity contribution in [2.75, 3.05) is 19.6 Å². The van der Waals surface area contributed by atoms with Gasteiger partial charge in [-0.15, -0.1) is 0 Å². The lowest BCUT2D eigenvalue weighted by Crippen LogP contribution is -2.41. The maximum Gasteiger partial charge on any atom is 0.435 e. The van der Waals surface area contributed by atoms with Crippen LogP contribution >= 0.6 is 0 Å². The summed E-state index contributed by atoms with van der Waals surface area (Å²) in [6, 6.07) is 0.241. The molecule has 1 saturated heterocycles. The zero-order valence-electron chi connectivity index (χ0n) is 13.8. The van der Waals surface area contributed by atoms with Crippen LogP contribution in [-0.4, -0.2) is 46.3 Å². The van der Waals surface area contributed by atoms with Crippen LogP contribution in [0, 0.1) is 0 Å². The molecule has 1 aromatic rings. The SMILES string of the molecule is C[C@@H](CNC(=O)Cn1nc(C(F)(F)F)c2c1CCC2)N1CCCC1. The van der Waals surface area contributed by atoms with Crippen LogP contribution < -0.4 is 5.32 Å². The molecule has 8 heteroatoms. The van der Waals surface area contributed by atoms with Crippen LogP contribution in [0.15, 0.2) is 0 Å². The van der Waals surface area contributed by atoms with Gasteiger partial charge in [0.25, 0.3) is 0 Å². The van der Waals surface area contributed by atoms with Crippen molar-refractivity contribution in [2.24, 2.45) is 0 Å². The fourth-order valence-corrected chi connectivity index (χ4v) is 3.63. The summed E-state index contributed by atoms with van der Waals surface area (Å²) in [6.45, 7) is 4.50. The van der Waals surface area contributed by atoms with Gasteiger partial charge in [-0.25, -0.2) is 0 Å². The number of fused-ring (bicyclic) bond motifs is 1. The topological polar surface area (TPSA) is 50.2 Å². The Balaban J connectivity index is 1.60. The van der Waals surface area contributed by atoms with Gasteiger partial charge < -0.3 is 5.32 Å². The molecule has 3 rings (SSSR count). The summed E-state index contributed by atoms with van der Waals surface area (Å²) in [4.78, 5) is 14.4. The number of carbonyl (C=O) groups excluding carboxylic acids is 1. The van der Waals surface area contributed by atoms with Crippen molar-refractivity contribution in [3.05, 3.63) is 17.0 Å². The van der Waals surface area contributed by atoms with E-state index in [1.165, 1.54) is 17.5 Å². The van der Waals surface area contributed by atoms with E-state index in [0.717, 1.165) is 13.1 Å². The van der Waals surface area contributed by atoms with Crippen molar-refractivity contribution < 1.29 is 18.0 Å². The molecule has 2 aliphatic rings. The molecular weight excluding hydrogens is 321 g/mol. The van der Waals surface area contributed by atoms with Crippen molar-refractivity contribution in [1.29, 1.82) is 0 Å². The van der Waals surface area contributed by atoms with Crippen LogP contribution in [0.3, 0.4) is 0 Å². The molecule has 1 aromatic heterocycles. The molecule has 0 radical (unpaired) electrons. The summed E-state index contributed by atoms with van der Waals surface area (Å²) in [5, 5.41) is 6.49. The number of aromatic nitrogens is 2. The summed E-state index contributed by atoms with van der Waals surface area (Å²) in [6.07, 6.45) is -0.478. The molecule has 5 nitrogen and oxygen atoms in total. The molecule has 1 amide bonds. The number of alkyl halides is 3. The standard InChI is InChI=1S/C16H23F3N4O/c1-11(22-7-2-3-8-22)9-20-14(24)10-23-13-6-4-5-12(13)15(21-23)16(17,18)19/h11H,2-10H2,1H3,(H,20,24)/t11-/m0/s1. The van der Waals surface area contributed by atoms with Crippen LogP contribution in [0.4, 0.5) is 13.2 Å². The Labute approximate surface area is 139 Å². The van der Waals surface area contributed by atoms with Gasteiger partial charge in [0.15, 0.2) is 5.69 Å². The number of hydrogen-bond acceptors (Lipinski definition) is 3. The third-order valence-electron chi connectivity index (χ3n) is 4.93. The number of amides is 1. The van der Waals surface area contributed by atoms with E-state index in [-0.39, 0.29) is 24.1 Å². The highest BCUT2D eigenvalue weighted by atomic mass is 19.4. The summed E-state index contributed by atoms with van der Waals surface area (Å²) in [5.74, 6) is -0.285. The Morgan fingerprint density at radius 1 is 1.25 bits per heavy atom. The quantitative estimate of drug-likeness (QED) is 0.889. The Morgan fingerprint density at radius 3 is 2.62 bits per heavy atom. The van der Waals surface area contributed by atoms with E-state index in [1.54, 1.807) is 0 Å². The maximum absolute atomic E-state index is 13.0. The minimum absolute atomic E-state index is 0.148. The Hall–Kier alpha value is -1.57. The summed E-state index contributed by atoms with van der Waals surface area (Å²) < 4.78 is 40.4. The van der Waals surface area contributed by atoms with Gasteiger partial charge in [0.2, 0.25) is 5.91 Å². The minimum Gasteiger partial charge on any atom is -0.353 e. The van der Waals surface area contributed by atoms with Gasteiger partial charge in [-0.3, -0.25) is 14.4 Å². The highest BCUT2D eigenvalue weighted by Crippen LogP contribution is 2.36. The van der Waals surface area contributed by atoms with Crippen molar-refractivity contribution in [2.45, 2.75) is 57.8 Å². The number of nitrogens with zero attached hydrogens (tertiary/aromatic N) is 3. The molecule has 1 N–H and O–H groups in total. The van der Waals surface area contributed by atoms with Crippen LogP contribution in [-0.2, 0) is 30.4 Å². The summed E-state index contributed by atoms with van der Waals surface area (Å²) >= 11 is 0. The van der Waals surface area contributed by atoms with Crippen molar-refractivity contribution in [1.82, 2.24) is 20.0 Å². The third kappa shape index (κ3) is 3.58. The van der Waals surface area contributed by atoms with E-state index in [1.807, 2.05) is 0 Å². The zero-order valence-corrected chi connectivity index (χ0v) is 13.8. The Kier molecular flexibility index (Phi) is 4.85. The third-order valence-corrected chi connectivity index (χ3v) is 4.93. The number of likely N-dealkylation sites (tertiary alicyclic amines) is 1. The van der Waals surface area contributed by atoms with Crippen LogP contribution in [0.5, 0.6) is 0 Å². The van der Waals surface area contributed by atoms with Crippen molar-refractivity contribution in [3.63, 3.8) is 0 Å². The fourth-order valence-electron chi connectivity index (χ4n) is 3.63. The van der Waals surface area contributed by atoms with Gasteiger partial charge in [0.1, 0.15) is 6.54 Å². The minimum atomic E-state index is -4.46. The second-order valence-electron chi connectivity index (χ2n) is 6.68. The van der Waals surface area contributed by atoms with E-state index >= 15 is 0 Å². The lowest BCUT2D eigenvalue weighted by atomic mass is 10.2. The molecule has 0 spiro atoms. The molecule has 2 heterocycles. The lowest BCUT2D eigenvalue weighted by molar-refractivity contribution is -0.142. The molecule has 0 unspecified atom stereocenters. The smallest absolute Gasteiger partial charge is 0.353 e. The van der Waals surface area contributed by atoms with E-state index in [4.69, 9.17) is 0 Å². The van der Waals surface area contributed by atoms with E-state index in [0.29, 0.717) is 31.5 Å². The molecule has 0 saturated carbocycles. The van der Waals surface area contributed by atoms with Gasteiger partial charge in [-0.1, -0.05) is 0 Å². The lowest BCUT2D eigenvalue weighted by Gasteiger charge is -2.23. The number of rotatable bonds is 5. The molecular formula is C16H23F3N4O. The first-order chi connectivity index (χ1) is 11.4. The number of hydrogen-bond donors (Lipinski definition) is 1. The maximum atomic E-state index is 13.0. The molecule has 1 aliphatic heterocycles. The summed E-state index contributed by atoms with van der Waals surface area (Å²) in [7, 11) is 0. The van der Waals surface area contributed by atoms with Gasteiger partial charge in [-0.2, -0.15) is 18.3 Å². The molecule has 0 bridgehead atoms. The Morgan fingerprint density at radius 2 is 1.96 bits per heavy atom. The second-order valence-corrected chi connectivity index (χ2v) is 6.68. The summed E-state index contributed by atoms with van der Waals surface area (Å²) in [5.41, 5.74) is -0.000893. The normalized spacial score (nSPS) is 19.5. The van der Waals surface area contributed by atoms with Gasteiger partial charge in [0.05, 0.1) is 0 Å². The first-order valence-electron chi connectivity index (χ1n) is 8.52. The zero-order chi connectivity index (χ0) is 17.3. The Bertz CT molecular complexity index is 605. The van der Waals surface area contributed by atoms with Gasteiger partial charge >= 0.3 is 6.18 Å². The molecule has 1 atom stereocenters. The molecule has 24 heavy (non-hydrogen) atoms. The van der Waals surface area contributed by atoms with Crippen LogP contribution in [0.1, 0.15) is 43.1 Å². The highest BCUT2D eigenvalue weighted by molar-refractivity contribution is 5.75. The number of halogens is 3.